The third-order valence-electron chi connectivity index (χ3n) is 11.6. The maximum absolute atomic E-state index is 6.87. The van der Waals surface area contributed by atoms with Gasteiger partial charge in [0.1, 0.15) is 22.3 Å². The minimum absolute atomic E-state index is 0.865. The Bertz CT molecular complexity index is 3530. The van der Waals surface area contributed by atoms with Crippen LogP contribution in [0.2, 0.25) is 0 Å². The van der Waals surface area contributed by atoms with Gasteiger partial charge in [0.25, 0.3) is 0 Å². The Balaban J connectivity index is 1.08. The van der Waals surface area contributed by atoms with Crippen LogP contribution < -0.4 is 4.90 Å². The smallest absolute Gasteiger partial charge is 0.145 e. The number of nitrogens with zero attached hydrogens (tertiary/aromatic N) is 1. The van der Waals surface area contributed by atoms with E-state index in [0.29, 0.717) is 0 Å². The molecular weight excluding hydrogens is 695 g/mol. The second-order valence-corrected chi connectivity index (χ2v) is 14.8. The number of hydrogen-bond donors (Lipinski definition) is 0. The van der Waals surface area contributed by atoms with Crippen molar-refractivity contribution in [3.63, 3.8) is 0 Å². The van der Waals surface area contributed by atoms with Crippen molar-refractivity contribution < 1.29 is 8.83 Å². The molecule has 0 aliphatic carbocycles. The maximum atomic E-state index is 6.87. The van der Waals surface area contributed by atoms with Crippen molar-refractivity contribution in [2.75, 3.05) is 4.90 Å². The zero-order chi connectivity index (χ0) is 37.5. The van der Waals surface area contributed by atoms with E-state index in [2.05, 4.69) is 193 Å². The van der Waals surface area contributed by atoms with E-state index >= 15 is 0 Å². The molecule has 3 heteroatoms. The van der Waals surface area contributed by atoms with E-state index in [1.165, 1.54) is 32.3 Å². The average molecular weight is 728 g/mol. The second kappa shape index (κ2) is 12.5. The second-order valence-electron chi connectivity index (χ2n) is 14.8. The quantitative estimate of drug-likeness (QED) is 0.165. The number of fused-ring (bicyclic) bond motifs is 10. The SMILES string of the molecule is c1ccc2c(-c3ccc(N(c4ccc(-c5ccc6oc7ccccc7c6c5)cc4)c4ccc5c(ccc6ccccc65)c4)c4c3oc3ccccc34)cccc2c1. The average Bonchev–Trinajstić information content (AvgIpc) is 3.85. The molecule has 0 atom stereocenters. The maximum Gasteiger partial charge on any atom is 0.145 e. The zero-order valence-corrected chi connectivity index (χ0v) is 30.8. The van der Waals surface area contributed by atoms with Crippen molar-refractivity contribution in [2.45, 2.75) is 0 Å². The normalized spacial score (nSPS) is 11.9. The van der Waals surface area contributed by atoms with E-state index in [0.717, 1.165) is 83.2 Å². The largest absolute Gasteiger partial charge is 0.456 e. The fourth-order valence-corrected chi connectivity index (χ4v) is 8.94. The number of rotatable bonds is 5. The third kappa shape index (κ3) is 4.99. The van der Waals surface area contributed by atoms with E-state index in [9.17, 15) is 0 Å². The molecule has 0 fully saturated rings. The van der Waals surface area contributed by atoms with E-state index in [4.69, 9.17) is 8.83 Å². The van der Waals surface area contributed by atoms with Crippen molar-refractivity contribution in [1.29, 1.82) is 0 Å². The van der Waals surface area contributed by atoms with Crippen molar-refractivity contribution in [3.05, 3.63) is 200 Å². The summed E-state index contributed by atoms with van der Waals surface area (Å²) in [5.41, 5.74) is 11.2. The zero-order valence-electron chi connectivity index (χ0n) is 30.8. The summed E-state index contributed by atoms with van der Waals surface area (Å²) in [5, 5.41) is 11.7. The summed E-state index contributed by atoms with van der Waals surface area (Å²) in [6, 6.07) is 71.6. The molecule has 12 aromatic rings. The summed E-state index contributed by atoms with van der Waals surface area (Å²) >= 11 is 0. The van der Waals surface area contributed by atoms with Gasteiger partial charge < -0.3 is 13.7 Å². The van der Waals surface area contributed by atoms with Gasteiger partial charge in [0.05, 0.1) is 11.1 Å². The number of para-hydroxylation sites is 2. The van der Waals surface area contributed by atoms with Gasteiger partial charge in [0, 0.05) is 33.1 Å². The fourth-order valence-electron chi connectivity index (χ4n) is 8.94. The molecular formula is C54H33NO2. The minimum Gasteiger partial charge on any atom is -0.456 e. The van der Waals surface area contributed by atoms with Gasteiger partial charge in [-0.2, -0.15) is 0 Å². The van der Waals surface area contributed by atoms with Crippen LogP contribution in [0.25, 0.3) is 98.4 Å². The van der Waals surface area contributed by atoms with Gasteiger partial charge in [-0.15, -0.1) is 0 Å². The standard InChI is InChI=1S/C54H33NO2/c1-4-14-42-35(10-1)12-9-17-44(42)46-29-30-49(53-47-16-6-8-19-51(47)57-54(46)53)55(40-27-28-43-38(32-40)21-20-36-11-2-3-13-41(36)43)39-25-22-34(23-26-39)37-24-31-52-48(33-37)45-15-5-7-18-50(45)56-52/h1-33H. The minimum atomic E-state index is 0.865. The Kier molecular flexibility index (Phi) is 6.93. The van der Waals surface area contributed by atoms with Crippen LogP contribution in [0.5, 0.6) is 0 Å². The molecule has 0 N–H and O–H groups in total. The van der Waals surface area contributed by atoms with Crippen LogP contribution >= 0.6 is 0 Å². The lowest BCUT2D eigenvalue weighted by atomic mass is 9.95. The van der Waals surface area contributed by atoms with Gasteiger partial charge in [-0.1, -0.05) is 140 Å². The summed E-state index contributed by atoms with van der Waals surface area (Å²) in [4.78, 5) is 2.39. The predicted octanol–water partition coefficient (Wildman–Crippen LogP) is 15.7. The molecule has 12 rings (SSSR count). The lowest BCUT2D eigenvalue weighted by molar-refractivity contribution is 0.669. The van der Waals surface area contributed by atoms with Crippen LogP contribution in [-0.4, -0.2) is 0 Å². The first-order chi connectivity index (χ1) is 28.2. The molecule has 2 heterocycles. The van der Waals surface area contributed by atoms with E-state index in [1.807, 2.05) is 12.1 Å². The van der Waals surface area contributed by atoms with Gasteiger partial charge in [-0.05, 0) is 110 Å². The van der Waals surface area contributed by atoms with Gasteiger partial charge in [0.15, 0.2) is 0 Å². The first-order valence-corrected chi connectivity index (χ1v) is 19.4. The van der Waals surface area contributed by atoms with Crippen LogP contribution in [0, 0.1) is 0 Å². The van der Waals surface area contributed by atoms with Crippen LogP contribution in [0.3, 0.4) is 0 Å². The predicted molar refractivity (Wildman–Crippen MR) is 239 cm³/mol. The molecule has 2 aromatic heterocycles. The van der Waals surface area contributed by atoms with Gasteiger partial charge in [-0.3, -0.25) is 0 Å². The highest BCUT2D eigenvalue weighted by Crippen LogP contribution is 2.48. The number of anilines is 3. The summed E-state index contributed by atoms with van der Waals surface area (Å²) in [6.07, 6.45) is 0. The molecule has 0 saturated heterocycles. The molecule has 0 spiro atoms. The Hall–Kier alpha value is -7.62. The highest BCUT2D eigenvalue weighted by atomic mass is 16.3. The van der Waals surface area contributed by atoms with E-state index in [1.54, 1.807) is 0 Å². The Labute approximate surface area is 328 Å². The van der Waals surface area contributed by atoms with Gasteiger partial charge in [-0.25, -0.2) is 0 Å². The van der Waals surface area contributed by atoms with Crippen molar-refractivity contribution >= 4 is 93.3 Å². The Morgan fingerprint density at radius 1 is 0.316 bits per heavy atom. The third-order valence-corrected chi connectivity index (χ3v) is 11.6. The first-order valence-electron chi connectivity index (χ1n) is 19.4. The molecule has 0 bridgehead atoms. The molecule has 10 aromatic carbocycles. The summed E-state index contributed by atoms with van der Waals surface area (Å²) in [7, 11) is 0. The topological polar surface area (TPSA) is 29.5 Å². The summed E-state index contributed by atoms with van der Waals surface area (Å²) in [5.74, 6) is 0. The summed E-state index contributed by atoms with van der Waals surface area (Å²) < 4.78 is 13.0. The molecule has 0 radical (unpaired) electrons. The van der Waals surface area contributed by atoms with Crippen molar-refractivity contribution in [2.24, 2.45) is 0 Å². The van der Waals surface area contributed by atoms with Crippen LogP contribution in [0.1, 0.15) is 0 Å². The highest BCUT2D eigenvalue weighted by molar-refractivity contribution is 6.19. The number of benzene rings is 10. The first kappa shape index (κ1) is 31.7. The molecule has 0 unspecified atom stereocenters. The van der Waals surface area contributed by atoms with Gasteiger partial charge >= 0.3 is 0 Å². The molecule has 0 saturated carbocycles. The Morgan fingerprint density at radius 2 is 0.930 bits per heavy atom. The molecule has 0 aliphatic heterocycles. The lowest BCUT2D eigenvalue weighted by Gasteiger charge is -2.27. The molecule has 266 valence electrons. The number of furan rings is 2. The summed E-state index contributed by atoms with van der Waals surface area (Å²) in [6.45, 7) is 0. The lowest BCUT2D eigenvalue weighted by Crippen LogP contribution is -2.10. The highest BCUT2D eigenvalue weighted by Gasteiger charge is 2.23. The molecule has 0 aliphatic rings. The van der Waals surface area contributed by atoms with Crippen LogP contribution in [-0.2, 0) is 0 Å². The van der Waals surface area contributed by atoms with Crippen molar-refractivity contribution in [1.82, 2.24) is 0 Å². The van der Waals surface area contributed by atoms with E-state index in [-0.39, 0.29) is 0 Å². The van der Waals surface area contributed by atoms with E-state index < -0.39 is 0 Å². The fraction of sp³-hybridized carbons (Fsp3) is 0. The number of hydrogen-bond acceptors (Lipinski definition) is 3. The van der Waals surface area contributed by atoms with Crippen LogP contribution in [0.15, 0.2) is 209 Å². The van der Waals surface area contributed by atoms with Crippen LogP contribution in [0.4, 0.5) is 17.1 Å². The van der Waals surface area contributed by atoms with Crippen molar-refractivity contribution in [3.8, 4) is 22.3 Å². The molecule has 0 amide bonds. The Morgan fingerprint density at radius 3 is 1.77 bits per heavy atom. The molecule has 57 heavy (non-hydrogen) atoms. The van der Waals surface area contributed by atoms with Gasteiger partial charge in [0.2, 0.25) is 0 Å². The monoisotopic (exact) mass is 727 g/mol. The molecule has 3 nitrogen and oxygen atoms in total.